The molecule has 0 bridgehead atoms. The molecule has 9 heavy (non-hydrogen) atoms. The van der Waals surface area contributed by atoms with Crippen molar-refractivity contribution >= 4 is 29.1 Å². The van der Waals surface area contributed by atoms with E-state index in [9.17, 15) is 0 Å². The van der Waals surface area contributed by atoms with Gasteiger partial charge in [-0.15, -0.1) is 11.8 Å². The summed E-state index contributed by atoms with van der Waals surface area (Å²) in [5.74, 6) is 0. The van der Waals surface area contributed by atoms with E-state index in [1.807, 2.05) is 5.55 Å². The third-order valence-electron chi connectivity index (χ3n) is 0.722. The minimum absolute atomic E-state index is 1.32. The average Bonchev–Trinajstić information content (AvgIpc) is 1.89. The number of rotatable bonds is 3. The Kier molecular flexibility index (Phi) is 6.31. The van der Waals surface area contributed by atoms with Gasteiger partial charge in [0.2, 0.25) is 0 Å². The molecule has 0 spiro atoms. The number of thioether (sulfide) groups is 2. The molecule has 0 saturated heterocycles. The maximum Gasteiger partial charge on any atom is 0.0579 e. The molecule has 0 heterocycles. The lowest BCUT2D eigenvalue weighted by atomic mass is 10.8. The van der Waals surface area contributed by atoms with Crippen LogP contribution in [0, 0.1) is 0 Å². The summed E-state index contributed by atoms with van der Waals surface area (Å²) in [7, 11) is 1.77. The Hall–Kier alpha value is 0.110. The van der Waals surface area contributed by atoms with Crippen LogP contribution in [0.4, 0.5) is 0 Å². The van der Waals surface area contributed by atoms with E-state index in [1.54, 1.807) is 30.6 Å². The van der Waals surface area contributed by atoms with Crippen molar-refractivity contribution < 1.29 is 0 Å². The van der Waals surface area contributed by atoms with E-state index in [4.69, 9.17) is 0 Å². The summed E-state index contributed by atoms with van der Waals surface area (Å²) < 4.78 is 0. The van der Waals surface area contributed by atoms with Crippen molar-refractivity contribution in [3.8, 4) is 0 Å². The number of hydrogen-bond acceptors (Lipinski definition) is 3. The molecule has 1 nitrogen and oxygen atoms in total. The van der Waals surface area contributed by atoms with Gasteiger partial charge in [0.1, 0.15) is 0 Å². The highest BCUT2D eigenvalue weighted by Crippen LogP contribution is 2.13. The van der Waals surface area contributed by atoms with Crippen LogP contribution in [0.15, 0.2) is 15.3 Å². The molecule has 0 fully saturated rings. The topological polar surface area (TPSA) is 12.4 Å². The second-order valence-electron chi connectivity index (χ2n) is 1.43. The Labute approximate surface area is 65.0 Å². The first-order chi connectivity index (χ1) is 4.31. The minimum Gasteiger partial charge on any atom is -0.289 e. The highest BCUT2D eigenvalue weighted by atomic mass is 32.2. The Morgan fingerprint density at radius 3 is 2.67 bits per heavy atom. The molecular weight excluding hydrogens is 150 g/mol. The number of aliphatic imine (C=N–C) groups is 1. The molecule has 0 unspecified atom stereocenters. The molecule has 3 heteroatoms. The van der Waals surface area contributed by atoms with Crippen LogP contribution in [0.1, 0.15) is 6.92 Å². The Morgan fingerprint density at radius 2 is 2.22 bits per heavy atom. The molecule has 0 aliphatic rings. The molecule has 0 N–H and O–H groups in total. The first-order valence-electron chi connectivity index (χ1n) is 2.58. The van der Waals surface area contributed by atoms with E-state index in [1.165, 1.54) is 4.91 Å². The summed E-state index contributed by atoms with van der Waals surface area (Å²) in [4.78, 5) is 5.15. The first kappa shape index (κ1) is 9.11. The molecule has 0 amide bonds. The normalized spacial score (nSPS) is 13.0. The van der Waals surface area contributed by atoms with Gasteiger partial charge in [-0.25, -0.2) is 0 Å². The lowest BCUT2D eigenvalue weighted by Gasteiger charge is -1.88. The van der Waals surface area contributed by atoms with Gasteiger partial charge < -0.3 is 0 Å². The molecule has 52 valence electrons. The van der Waals surface area contributed by atoms with Gasteiger partial charge in [-0.3, -0.25) is 4.99 Å². The van der Waals surface area contributed by atoms with Gasteiger partial charge in [0.25, 0.3) is 0 Å². The highest BCUT2D eigenvalue weighted by molar-refractivity contribution is 8.15. The Morgan fingerprint density at radius 1 is 1.56 bits per heavy atom. The summed E-state index contributed by atoms with van der Waals surface area (Å²) in [5.41, 5.74) is 1.82. The van der Waals surface area contributed by atoms with Crippen LogP contribution in [0.25, 0.3) is 0 Å². The van der Waals surface area contributed by atoms with E-state index in [0.717, 1.165) is 0 Å². The zero-order valence-electron chi connectivity index (χ0n) is 5.92. The zero-order valence-corrected chi connectivity index (χ0v) is 7.55. The fourth-order valence-corrected chi connectivity index (χ4v) is 1.16. The van der Waals surface area contributed by atoms with Crippen LogP contribution < -0.4 is 0 Å². The molecule has 0 aromatic heterocycles. The fraction of sp³-hybridized carbons (Fsp3) is 0.500. The van der Waals surface area contributed by atoms with Crippen molar-refractivity contribution in [2.24, 2.45) is 4.99 Å². The lowest BCUT2D eigenvalue weighted by Crippen LogP contribution is -1.62. The summed E-state index contributed by atoms with van der Waals surface area (Å²) in [5, 5.41) is 2.08. The van der Waals surface area contributed by atoms with Gasteiger partial charge in [0.05, 0.1) is 5.55 Å². The summed E-state index contributed by atoms with van der Waals surface area (Å²) in [6, 6.07) is 0. The SMILES string of the molecule is CN=CSC=C(C)SC. The van der Waals surface area contributed by atoms with Crippen LogP contribution in [0.3, 0.4) is 0 Å². The molecule has 0 aliphatic carbocycles. The van der Waals surface area contributed by atoms with Crippen molar-refractivity contribution in [2.45, 2.75) is 6.92 Å². The average molecular weight is 161 g/mol. The predicted octanol–water partition coefficient (Wildman–Crippen LogP) is 2.60. The third-order valence-corrected chi connectivity index (χ3v) is 2.46. The summed E-state index contributed by atoms with van der Waals surface area (Å²) in [6.07, 6.45) is 2.06. The van der Waals surface area contributed by atoms with E-state index >= 15 is 0 Å². The molecule has 0 aromatic rings. The highest BCUT2D eigenvalue weighted by Gasteiger charge is 1.80. The van der Waals surface area contributed by atoms with Crippen LogP contribution >= 0.6 is 23.5 Å². The molecule has 0 aromatic carbocycles. The number of hydrogen-bond donors (Lipinski definition) is 0. The first-order valence-corrected chi connectivity index (χ1v) is 4.75. The van der Waals surface area contributed by atoms with Crippen LogP contribution in [-0.4, -0.2) is 18.9 Å². The second-order valence-corrected chi connectivity index (χ2v) is 3.20. The van der Waals surface area contributed by atoms with Gasteiger partial charge in [0.15, 0.2) is 0 Å². The van der Waals surface area contributed by atoms with Gasteiger partial charge >= 0.3 is 0 Å². The molecule has 0 rings (SSSR count). The van der Waals surface area contributed by atoms with E-state index in [-0.39, 0.29) is 0 Å². The molecule has 0 aliphatic heterocycles. The van der Waals surface area contributed by atoms with Crippen molar-refractivity contribution in [3.63, 3.8) is 0 Å². The largest absolute Gasteiger partial charge is 0.289 e. The van der Waals surface area contributed by atoms with Crippen LogP contribution in [0.2, 0.25) is 0 Å². The monoisotopic (exact) mass is 161 g/mol. The molecule has 0 atom stereocenters. The van der Waals surface area contributed by atoms with E-state index in [2.05, 4.69) is 23.6 Å². The van der Waals surface area contributed by atoms with Crippen LogP contribution in [0.5, 0.6) is 0 Å². The Balaban J connectivity index is 3.43. The molecule has 0 saturated carbocycles. The zero-order chi connectivity index (χ0) is 7.11. The fourth-order valence-electron chi connectivity index (χ4n) is 0.235. The van der Waals surface area contributed by atoms with Crippen molar-refractivity contribution in [2.75, 3.05) is 13.3 Å². The van der Waals surface area contributed by atoms with Gasteiger partial charge in [-0.05, 0) is 23.5 Å². The second kappa shape index (κ2) is 6.23. The quantitative estimate of drug-likeness (QED) is 0.466. The van der Waals surface area contributed by atoms with Crippen LogP contribution in [-0.2, 0) is 0 Å². The summed E-state index contributed by atoms with van der Waals surface area (Å²) in [6.45, 7) is 2.08. The van der Waals surface area contributed by atoms with Crippen molar-refractivity contribution in [1.29, 1.82) is 0 Å². The standard InChI is InChI=1S/C6H11NS2/c1-6(8-3)4-9-5-7-2/h4-5H,1-3H3. The number of nitrogens with zero attached hydrogens (tertiary/aromatic N) is 1. The third kappa shape index (κ3) is 5.99. The van der Waals surface area contributed by atoms with E-state index < -0.39 is 0 Å². The minimum atomic E-state index is 1.32. The van der Waals surface area contributed by atoms with Gasteiger partial charge in [-0.2, -0.15) is 0 Å². The van der Waals surface area contributed by atoms with Gasteiger partial charge in [-0.1, -0.05) is 11.8 Å². The lowest BCUT2D eigenvalue weighted by molar-refractivity contribution is 1.49. The maximum atomic E-state index is 3.83. The molecular formula is C6H11NS2. The molecule has 0 radical (unpaired) electrons. The summed E-state index contributed by atoms with van der Waals surface area (Å²) >= 11 is 3.37. The number of allylic oxidation sites excluding steroid dienone is 1. The van der Waals surface area contributed by atoms with Crippen molar-refractivity contribution in [3.05, 3.63) is 10.3 Å². The van der Waals surface area contributed by atoms with Gasteiger partial charge in [0, 0.05) is 7.05 Å². The maximum absolute atomic E-state index is 3.83. The predicted molar refractivity (Wildman–Crippen MR) is 49.3 cm³/mol. The smallest absolute Gasteiger partial charge is 0.0579 e. The van der Waals surface area contributed by atoms with Crippen molar-refractivity contribution in [1.82, 2.24) is 0 Å². The Bertz CT molecular complexity index is 118. The van der Waals surface area contributed by atoms with E-state index in [0.29, 0.717) is 0 Å².